The van der Waals surface area contributed by atoms with E-state index in [1.54, 1.807) is 41.3 Å². The minimum absolute atomic E-state index is 0.140. The number of nitrogens with one attached hydrogen (secondary N) is 1. The fourth-order valence-electron chi connectivity index (χ4n) is 2.89. The van der Waals surface area contributed by atoms with Crippen molar-refractivity contribution in [2.24, 2.45) is 0 Å². The topological polar surface area (TPSA) is 89.3 Å². The summed E-state index contributed by atoms with van der Waals surface area (Å²) in [6, 6.07) is 3.07. The molecule has 1 N–H and O–H groups in total. The number of hydrogen-bond acceptors (Lipinski definition) is 5. The average molecular weight is 343 g/mol. The van der Waals surface area contributed by atoms with Crippen LogP contribution in [0.1, 0.15) is 27.7 Å². The van der Waals surface area contributed by atoms with Crippen LogP contribution in [0.4, 0.5) is 0 Å². The molecular weight excluding hydrogens is 322 g/mol. The molecule has 8 heteroatoms. The Kier molecular flexibility index (Phi) is 5.08. The summed E-state index contributed by atoms with van der Waals surface area (Å²) in [6.07, 6.45) is 4.90. The third-order valence-electron chi connectivity index (χ3n) is 4.11. The van der Waals surface area contributed by atoms with Crippen molar-refractivity contribution in [3.8, 4) is 0 Å². The molecule has 1 atom stereocenters. The van der Waals surface area contributed by atoms with E-state index in [0.29, 0.717) is 25.3 Å². The molecule has 0 saturated heterocycles. The first kappa shape index (κ1) is 17.1. The van der Waals surface area contributed by atoms with Gasteiger partial charge in [0.15, 0.2) is 0 Å². The number of ether oxygens (including phenoxy) is 1. The zero-order valence-corrected chi connectivity index (χ0v) is 14.3. The number of methoxy groups -OCH3 is 1. The molecule has 25 heavy (non-hydrogen) atoms. The fraction of sp³-hybridized carbons (Fsp3) is 0.412. The number of fused-ring (bicyclic) bond motifs is 1. The van der Waals surface area contributed by atoms with E-state index in [4.69, 9.17) is 4.74 Å². The molecule has 0 aromatic carbocycles. The third kappa shape index (κ3) is 3.69. The minimum atomic E-state index is -0.558. The first-order chi connectivity index (χ1) is 12.1. The van der Waals surface area contributed by atoms with E-state index in [9.17, 15) is 9.59 Å². The van der Waals surface area contributed by atoms with Gasteiger partial charge < -0.3 is 15.0 Å². The molecule has 0 bridgehead atoms. The van der Waals surface area contributed by atoms with Gasteiger partial charge in [-0.3, -0.25) is 19.3 Å². The first-order valence-corrected chi connectivity index (χ1v) is 8.10. The molecule has 8 nitrogen and oxygen atoms in total. The molecule has 132 valence electrons. The zero-order chi connectivity index (χ0) is 17.8. The number of nitrogens with zero attached hydrogens (tertiary/aromatic N) is 4. The zero-order valence-electron chi connectivity index (χ0n) is 14.3. The third-order valence-corrected chi connectivity index (χ3v) is 4.11. The van der Waals surface area contributed by atoms with Crippen molar-refractivity contribution >= 4 is 11.8 Å². The van der Waals surface area contributed by atoms with Crippen LogP contribution in [0.2, 0.25) is 0 Å². The summed E-state index contributed by atoms with van der Waals surface area (Å²) in [4.78, 5) is 31.1. The quantitative estimate of drug-likeness (QED) is 0.801. The largest absolute Gasteiger partial charge is 0.383 e. The molecule has 1 aliphatic rings. The summed E-state index contributed by atoms with van der Waals surface area (Å²) in [7, 11) is 1.58. The van der Waals surface area contributed by atoms with Crippen LogP contribution in [-0.4, -0.2) is 58.3 Å². The predicted molar refractivity (Wildman–Crippen MR) is 89.9 cm³/mol. The molecule has 0 unspecified atom stereocenters. The Morgan fingerprint density at radius 1 is 1.40 bits per heavy atom. The van der Waals surface area contributed by atoms with Gasteiger partial charge in [0.1, 0.15) is 6.04 Å². The molecule has 2 amide bonds. The van der Waals surface area contributed by atoms with Gasteiger partial charge in [0.25, 0.3) is 5.91 Å². The Hall–Kier alpha value is -2.74. The minimum Gasteiger partial charge on any atom is -0.383 e. The Bertz CT molecular complexity index is 773. The van der Waals surface area contributed by atoms with Gasteiger partial charge in [0.2, 0.25) is 5.91 Å². The van der Waals surface area contributed by atoms with E-state index in [2.05, 4.69) is 15.4 Å². The van der Waals surface area contributed by atoms with E-state index in [1.807, 2.05) is 13.0 Å². The van der Waals surface area contributed by atoms with Gasteiger partial charge in [0, 0.05) is 32.2 Å². The molecule has 3 rings (SSSR count). The summed E-state index contributed by atoms with van der Waals surface area (Å²) in [6.45, 7) is 3.41. The van der Waals surface area contributed by atoms with Crippen molar-refractivity contribution < 1.29 is 14.3 Å². The van der Waals surface area contributed by atoms with Gasteiger partial charge in [-0.2, -0.15) is 5.10 Å². The number of aryl methyl sites for hydroxylation is 1. The second-order valence-electron chi connectivity index (χ2n) is 6.00. The number of rotatable bonds is 5. The Labute approximate surface area is 145 Å². The highest BCUT2D eigenvalue weighted by atomic mass is 16.5. The maximum absolute atomic E-state index is 12.8. The Balaban J connectivity index is 1.79. The molecule has 0 saturated carbocycles. The van der Waals surface area contributed by atoms with Gasteiger partial charge in [-0.1, -0.05) is 0 Å². The van der Waals surface area contributed by atoms with Crippen LogP contribution >= 0.6 is 0 Å². The van der Waals surface area contributed by atoms with Gasteiger partial charge in [-0.05, 0) is 24.6 Å². The molecule has 0 aliphatic carbocycles. The van der Waals surface area contributed by atoms with E-state index in [-0.39, 0.29) is 18.4 Å². The molecule has 1 aliphatic heterocycles. The second-order valence-corrected chi connectivity index (χ2v) is 6.00. The van der Waals surface area contributed by atoms with Crippen LogP contribution in [0, 0.1) is 6.92 Å². The molecule has 0 spiro atoms. The molecule has 0 radical (unpaired) electrons. The van der Waals surface area contributed by atoms with Crippen molar-refractivity contribution in [3.63, 3.8) is 0 Å². The number of pyridine rings is 1. The Morgan fingerprint density at radius 2 is 2.24 bits per heavy atom. The lowest BCUT2D eigenvalue weighted by molar-refractivity contribution is -0.125. The molecular formula is C17H21N5O3. The normalized spacial score (nSPS) is 16.4. The van der Waals surface area contributed by atoms with Crippen LogP contribution in [0.5, 0.6) is 0 Å². The van der Waals surface area contributed by atoms with E-state index in [1.165, 1.54) is 0 Å². The van der Waals surface area contributed by atoms with Crippen molar-refractivity contribution in [3.05, 3.63) is 47.5 Å². The van der Waals surface area contributed by atoms with Gasteiger partial charge in [0.05, 0.1) is 31.0 Å². The van der Waals surface area contributed by atoms with Crippen LogP contribution in [0.25, 0.3) is 0 Å². The van der Waals surface area contributed by atoms with E-state index in [0.717, 1.165) is 11.3 Å². The summed E-state index contributed by atoms with van der Waals surface area (Å²) in [5, 5.41) is 7.06. The van der Waals surface area contributed by atoms with Gasteiger partial charge in [-0.15, -0.1) is 0 Å². The van der Waals surface area contributed by atoms with Crippen molar-refractivity contribution in [1.82, 2.24) is 25.0 Å². The molecule has 2 aromatic heterocycles. The summed E-state index contributed by atoms with van der Waals surface area (Å²) < 4.78 is 6.63. The number of aromatic nitrogens is 3. The lowest BCUT2D eigenvalue weighted by Gasteiger charge is -2.33. The van der Waals surface area contributed by atoms with Crippen molar-refractivity contribution in [1.29, 1.82) is 0 Å². The Morgan fingerprint density at radius 3 is 3.00 bits per heavy atom. The number of carbonyl (C=O) groups excluding carboxylic acids is 2. The van der Waals surface area contributed by atoms with Crippen LogP contribution < -0.4 is 5.32 Å². The number of amides is 2. The smallest absolute Gasteiger partial charge is 0.255 e. The SMILES string of the molecule is COCCNC(=O)[C@@H]1CN(C(=O)c2cncc(C)c2)Cc2ccnn21. The standard InChI is InChI=1S/C17H21N5O3/c1-12-7-13(9-18-8-12)17(24)21-10-14-3-4-20-22(14)15(11-21)16(23)19-5-6-25-2/h3-4,7-9,15H,5-6,10-11H2,1-2H3,(H,19,23)/t15-/m0/s1. The van der Waals surface area contributed by atoms with Crippen LogP contribution in [-0.2, 0) is 16.1 Å². The second kappa shape index (κ2) is 7.43. The number of hydrogen-bond donors (Lipinski definition) is 1. The molecule has 2 aromatic rings. The van der Waals surface area contributed by atoms with E-state index < -0.39 is 6.04 Å². The lowest BCUT2D eigenvalue weighted by Crippen LogP contribution is -2.47. The van der Waals surface area contributed by atoms with Crippen molar-refractivity contribution in [2.75, 3.05) is 26.8 Å². The highest BCUT2D eigenvalue weighted by Gasteiger charge is 2.33. The van der Waals surface area contributed by atoms with Crippen LogP contribution in [0.3, 0.4) is 0 Å². The molecule has 3 heterocycles. The predicted octanol–water partition coefficient (Wildman–Crippen LogP) is 0.546. The highest BCUT2D eigenvalue weighted by molar-refractivity contribution is 5.94. The fourth-order valence-corrected chi connectivity index (χ4v) is 2.89. The van der Waals surface area contributed by atoms with Crippen molar-refractivity contribution in [2.45, 2.75) is 19.5 Å². The van der Waals surface area contributed by atoms with Gasteiger partial charge >= 0.3 is 0 Å². The van der Waals surface area contributed by atoms with Gasteiger partial charge in [-0.25, -0.2) is 0 Å². The maximum atomic E-state index is 12.8. The lowest BCUT2D eigenvalue weighted by atomic mass is 10.1. The van der Waals surface area contributed by atoms with Crippen LogP contribution in [0.15, 0.2) is 30.7 Å². The number of carbonyl (C=O) groups is 2. The van der Waals surface area contributed by atoms with E-state index >= 15 is 0 Å². The highest BCUT2D eigenvalue weighted by Crippen LogP contribution is 2.22. The molecule has 0 fully saturated rings. The summed E-state index contributed by atoms with van der Waals surface area (Å²) >= 11 is 0. The summed E-state index contributed by atoms with van der Waals surface area (Å²) in [5.41, 5.74) is 2.26. The monoisotopic (exact) mass is 343 g/mol. The maximum Gasteiger partial charge on any atom is 0.255 e. The summed E-state index contributed by atoms with van der Waals surface area (Å²) in [5.74, 6) is -0.319. The average Bonchev–Trinajstić information content (AvgIpc) is 3.09. The first-order valence-electron chi connectivity index (χ1n) is 8.10.